The maximum Gasteiger partial charge on any atom is 0.173 e. The van der Waals surface area contributed by atoms with Gasteiger partial charge in [-0.05, 0) is 66.8 Å². The molecule has 7 nitrogen and oxygen atoms in total. The molecule has 2 aliphatic rings. The van der Waals surface area contributed by atoms with Gasteiger partial charge in [0.15, 0.2) is 5.82 Å². The quantitative estimate of drug-likeness (QED) is 0.576. The van der Waals surface area contributed by atoms with Crippen LogP contribution < -0.4 is 4.90 Å². The molecule has 1 aromatic heterocycles. The molecule has 3 heterocycles. The van der Waals surface area contributed by atoms with Gasteiger partial charge in [0.05, 0.1) is 18.7 Å². The van der Waals surface area contributed by atoms with E-state index in [1.54, 1.807) is 0 Å². The number of hydrogen-bond acceptors (Lipinski definition) is 6. The zero-order valence-electron chi connectivity index (χ0n) is 19.9. The number of benzene rings is 2. The van der Waals surface area contributed by atoms with E-state index in [0.29, 0.717) is 6.54 Å². The van der Waals surface area contributed by atoms with Gasteiger partial charge in [-0.1, -0.05) is 42.0 Å². The van der Waals surface area contributed by atoms with Gasteiger partial charge in [-0.15, -0.1) is 5.10 Å². The first-order valence-electron chi connectivity index (χ1n) is 12.1. The van der Waals surface area contributed by atoms with Crippen molar-refractivity contribution < 1.29 is 4.74 Å². The Morgan fingerprint density at radius 1 is 0.970 bits per heavy atom. The number of nitrogens with zero attached hydrogens (tertiary/aromatic N) is 6. The summed E-state index contributed by atoms with van der Waals surface area (Å²) in [6.07, 6.45) is 2.39. The smallest absolute Gasteiger partial charge is 0.173 e. The first-order chi connectivity index (χ1) is 16.1. The summed E-state index contributed by atoms with van der Waals surface area (Å²) in [6, 6.07) is 15.6. The van der Waals surface area contributed by atoms with Crippen molar-refractivity contribution in [2.45, 2.75) is 52.3 Å². The van der Waals surface area contributed by atoms with E-state index in [1.165, 1.54) is 27.9 Å². The number of rotatable bonds is 6. The fourth-order valence-corrected chi connectivity index (χ4v) is 5.07. The monoisotopic (exact) mass is 446 g/mol. The van der Waals surface area contributed by atoms with E-state index < -0.39 is 0 Å². The highest BCUT2D eigenvalue weighted by Crippen LogP contribution is 2.31. The molecule has 0 aliphatic carbocycles. The van der Waals surface area contributed by atoms with Crippen LogP contribution in [-0.4, -0.2) is 64.0 Å². The van der Waals surface area contributed by atoms with E-state index in [9.17, 15) is 0 Å². The van der Waals surface area contributed by atoms with Crippen LogP contribution in [0.4, 0.5) is 5.69 Å². The predicted molar refractivity (Wildman–Crippen MR) is 130 cm³/mol. The van der Waals surface area contributed by atoms with Gasteiger partial charge in [-0.2, -0.15) is 0 Å². The largest absolute Gasteiger partial charge is 0.376 e. The second kappa shape index (κ2) is 9.61. The molecule has 2 saturated heterocycles. The minimum atomic E-state index is 0.0303. The average Bonchev–Trinajstić information content (AvgIpc) is 3.50. The summed E-state index contributed by atoms with van der Waals surface area (Å²) in [6.45, 7) is 11.9. The summed E-state index contributed by atoms with van der Waals surface area (Å²) in [5.41, 5.74) is 6.50. The first kappa shape index (κ1) is 22.0. The summed E-state index contributed by atoms with van der Waals surface area (Å²) < 4.78 is 7.84. The van der Waals surface area contributed by atoms with Crippen LogP contribution in [0.3, 0.4) is 0 Å². The molecular formula is C26H34N6O. The van der Waals surface area contributed by atoms with Crippen LogP contribution in [0.25, 0.3) is 0 Å². The summed E-state index contributed by atoms with van der Waals surface area (Å²) in [4.78, 5) is 5.05. The van der Waals surface area contributed by atoms with Crippen LogP contribution in [0.5, 0.6) is 0 Å². The number of ether oxygens (including phenoxy) is 1. The fourth-order valence-electron chi connectivity index (χ4n) is 5.07. The molecule has 0 unspecified atom stereocenters. The minimum Gasteiger partial charge on any atom is -0.376 e. The highest BCUT2D eigenvalue weighted by Gasteiger charge is 2.32. The molecule has 2 aliphatic heterocycles. The van der Waals surface area contributed by atoms with Crippen molar-refractivity contribution in [3.05, 3.63) is 70.5 Å². The SMILES string of the molecule is Cc1ccc([C@@H](c2nnnn2C[C@H]2CCCO2)N2CCN(c3cc(C)ccc3C)CC2)cc1. The summed E-state index contributed by atoms with van der Waals surface area (Å²) in [7, 11) is 0. The molecule has 33 heavy (non-hydrogen) atoms. The fraction of sp³-hybridized carbons (Fsp3) is 0.500. The van der Waals surface area contributed by atoms with Gasteiger partial charge in [-0.3, -0.25) is 4.90 Å². The van der Waals surface area contributed by atoms with Gasteiger partial charge in [0.1, 0.15) is 0 Å². The molecule has 0 spiro atoms. The molecule has 2 fully saturated rings. The van der Waals surface area contributed by atoms with E-state index in [1.807, 2.05) is 4.68 Å². The number of anilines is 1. The van der Waals surface area contributed by atoms with Crippen molar-refractivity contribution in [1.29, 1.82) is 0 Å². The number of aromatic nitrogens is 4. The molecule has 0 amide bonds. The Balaban J connectivity index is 1.40. The highest BCUT2D eigenvalue weighted by molar-refractivity contribution is 5.55. The van der Waals surface area contributed by atoms with Crippen LogP contribution in [0.1, 0.15) is 47.0 Å². The lowest BCUT2D eigenvalue weighted by molar-refractivity contribution is 0.0906. The van der Waals surface area contributed by atoms with Crippen molar-refractivity contribution in [2.24, 2.45) is 0 Å². The Morgan fingerprint density at radius 3 is 2.45 bits per heavy atom. The first-order valence-corrected chi connectivity index (χ1v) is 12.1. The molecule has 0 N–H and O–H groups in total. The lowest BCUT2D eigenvalue weighted by Gasteiger charge is -2.40. The Kier molecular flexibility index (Phi) is 6.42. The highest BCUT2D eigenvalue weighted by atomic mass is 16.5. The maximum absolute atomic E-state index is 5.88. The summed E-state index contributed by atoms with van der Waals surface area (Å²) in [5, 5.41) is 13.0. The van der Waals surface area contributed by atoms with Crippen molar-refractivity contribution in [3.63, 3.8) is 0 Å². The molecule has 2 aromatic carbocycles. The molecule has 0 bridgehead atoms. The Morgan fingerprint density at radius 2 is 1.73 bits per heavy atom. The van der Waals surface area contributed by atoms with Crippen LogP contribution in [0.15, 0.2) is 42.5 Å². The standard InChI is InChI=1S/C26H34N6O/c1-19-7-10-22(11-8-19)25(26-27-28-29-32(26)18-23-5-4-16-33-23)31-14-12-30(13-15-31)24-17-20(2)6-9-21(24)3/h6-11,17,23,25H,4-5,12-16,18H2,1-3H3/t23-,25+/m1/s1. The summed E-state index contributed by atoms with van der Waals surface area (Å²) >= 11 is 0. The molecule has 2 atom stereocenters. The molecular weight excluding hydrogens is 412 g/mol. The third kappa shape index (κ3) is 4.80. The number of piperazine rings is 1. The third-order valence-electron chi connectivity index (χ3n) is 6.98. The van der Waals surface area contributed by atoms with Gasteiger partial charge in [-0.25, -0.2) is 4.68 Å². The van der Waals surface area contributed by atoms with E-state index in [-0.39, 0.29) is 12.1 Å². The lowest BCUT2D eigenvalue weighted by Crippen LogP contribution is -2.48. The number of tetrazole rings is 1. The van der Waals surface area contributed by atoms with Gasteiger partial charge in [0.2, 0.25) is 0 Å². The van der Waals surface area contributed by atoms with E-state index in [0.717, 1.165) is 51.5 Å². The van der Waals surface area contributed by atoms with E-state index >= 15 is 0 Å². The third-order valence-corrected chi connectivity index (χ3v) is 6.98. The maximum atomic E-state index is 5.88. The number of aryl methyl sites for hydroxylation is 3. The second-order valence-corrected chi connectivity index (χ2v) is 9.48. The molecule has 0 saturated carbocycles. The second-order valence-electron chi connectivity index (χ2n) is 9.48. The molecule has 7 heteroatoms. The average molecular weight is 447 g/mol. The van der Waals surface area contributed by atoms with Gasteiger partial charge >= 0.3 is 0 Å². The normalized spacial score (nSPS) is 20.3. The van der Waals surface area contributed by atoms with Gasteiger partial charge in [0.25, 0.3) is 0 Å². The predicted octanol–water partition coefficient (Wildman–Crippen LogP) is 3.69. The molecule has 5 rings (SSSR count). The summed E-state index contributed by atoms with van der Waals surface area (Å²) in [5.74, 6) is 0.912. The molecule has 174 valence electrons. The topological polar surface area (TPSA) is 59.3 Å². The van der Waals surface area contributed by atoms with Crippen molar-refractivity contribution in [2.75, 3.05) is 37.7 Å². The molecule has 3 aromatic rings. The van der Waals surface area contributed by atoms with Crippen LogP contribution >= 0.6 is 0 Å². The molecule has 0 radical (unpaired) electrons. The van der Waals surface area contributed by atoms with Gasteiger partial charge in [0, 0.05) is 38.5 Å². The van der Waals surface area contributed by atoms with Crippen molar-refractivity contribution in [3.8, 4) is 0 Å². The lowest BCUT2D eigenvalue weighted by atomic mass is 10.0. The van der Waals surface area contributed by atoms with E-state index in [2.05, 4.69) is 88.6 Å². The zero-order chi connectivity index (χ0) is 22.8. The Bertz CT molecular complexity index is 1060. The number of hydrogen-bond donors (Lipinski definition) is 0. The Hall–Kier alpha value is -2.77. The van der Waals surface area contributed by atoms with Gasteiger partial charge < -0.3 is 9.64 Å². The van der Waals surface area contributed by atoms with Crippen molar-refractivity contribution >= 4 is 5.69 Å². The van der Waals surface area contributed by atoms with Crippen molar-refractivity contribution in [1.82, 2.24) is 25.1 Å². The van der Waals surface area contributed by atoms with E-state index in [4.69, 9.17) is 4.74 Å². The van der Waals surface area contributed by atoms with Crippen LogP contribution in [0.2, 0.25) is 0 Å². The minimum absolute atomic E-state index is 0.0303. The van der Waals surface area contributed by atoms with Crippen LogP contribution in [-0.2, 0) is 11.3 Å². The van der Waals surface area contributed by atoms with Crippen LogP contribution in [0, 0.1) is 20.8 Å². The zero-order valence-corrected chi connectivity index (χ0v) is 19.9. The Labute approximate surface area is 196 Å².